The SMILES string of the molecule is CCn1ccnc1C1CCCC1Cl. The molecule has 0 amide bonds. The second kappa shape index (κ2) is 3.70. The van der Waals surface area contributed by atoms with Crippen LogP contribution in [0.3, 0.4) is 0 Å². The molecule has 1 aliphatic rings. The van der Waals surface area contributed by atoms with Crippen LogP contribution >= 0.6 is 11.6 Å². The van der Waals surface area contributed by atoms with Gasteiger partial charge in [-0.25, -0.2) is 4.98 Å². The van der Waals surface area contributed by atoms with Crippen molar-refractivity contribution in [2.45, 2.75) is 44.0 Å². The minimum absolute atomic E-state index is 0.299. The Morgan fingerprint density at radius 2 is 2.46 bits per heavy atom. The summed E-state index contributed by atoms with van der Waals surface area (Å²) >= 11 is 6.25. The molecule has 2 unspecified atom stereocenters. The van der Waals surface area contributed by atoms with Crippen molar-refractivity contribution in [1.29, 1.82) is 0 Å². The van der Waals surface area contributed by atoms with E-state index in [-0.39, 0.29) is 0 Å². The van der Waals surface area contributed by atoms with Crippen molar-refractivity contribution in [3.05, 3.63) is 18.2 Å². The van der Waals surface area contributed by atoms with E-state index >= 15 is 0 Å². The monoisotopic (exact) mass is 198 g/mol. The van der Waals surface area contributed by atoms with Gasteiger partial charge >= 0.3 is 0 Å². The standard InChI is InChI=1S/C10H15ClN2/c1-2-13-7-6-12-10(13)8-4-3-5-9(8)11/h6-9H,2-5H2,1H3. The summed E-state index contributed by atoms with van der Waals surface area (Å²) < 4.78 is 2.20. The lowest BCUT2D eigenvalue weighted by atomic mass is 10.1. The third kappa shape index (κ3) is 1.60. The van der Waals surface area contributed by atoms with Crippen molar-refractivity contribution < 1.29 is 0 Å². The van der Waals surface area contributed by atoms with E-state index in [0.717, 1.165) is 13.0 Å². The Labute approximate surface area is 83.9 Å². The van der Waals surface area contributed by atoms with Crippen molar-refractivity contribution in [1.82, 2.24) is 9.55 Å². The Hall–Kier alpha value is -0.500. The zero-order valence-electron chi connectivity index (χ0n) is 7.91. The van der Waals surface area contributed by atoms with Gasteiger partial charge in [0.2, 0.25) is 0 Å². The zero-order chi connectivity index (χ0) is 9.26. The van der Waals surface area contributed by atoms with E-state index in [4.69, 9.17) is 11.6 Å². The second-order valence-electron chi connectivity index (χ2n) is 3.62. The zero-order valence-corrected chi connectivity index (χ0v) is 8.67. The van der Waals surface area contributed by atoms with Crippen molar-refractivity contribution in [2.75, 3.05) is 0 Å². The smallest absolute Gasteiger partial charge is 0.113 e. The molecule has 1 aromatic rings. The first-order valence-corrected chi connectivity index (χ1v) is 5.41. The van der Waals surface area contributed by atoms with Gasteiger partial charge in [-0.3, -0.25) is 0 Å². The van der Waals surface area contributed by atoms with Crippen LogP contribution in [0.4, 0.5) is 0 Å². The van der Waals surface area contributed by atoms with Crippen LogP contribution < -0.4 is 0 Å². The van der Waals surface area contributed by atoms with Gasteiger partial charge in [0.25, 0.3) is 0 Å². The molecule has 0 aliphatic heterocycles. The van der Waals surface area contributed by atoms with Crippen LogP contribution in [0.5, 0.6) is 0 Å². The molecular formula is C10H15ClN2. The van der Waals surface area contributed by atoms with E-state index in [2.05, 4.69) is 16.5 Å². The molecule has 13 heavy (non-hydrogen) atoms. The number of rotatable bonds is 2. The van der Waals surface area contributed by atoms with Gasteiger partial charge in [0.15, 0.2) is 0 Å². The molecule has 2 rings (SSSR count). The number of imidazole rings is 1. The number of hydrogen-bond acceptors (Lipinski definition) is 1. The van der Waals surface area contributed by atoms with E-state index in [9.17, 15) is 0 Å². The maximum atomic E-state index is 6.25. The van der Waals surface area contributed by atoms with Gasteiger partial charge in [-0.15, -0.1) is 11.6 Å². The first-order valence-electron chi connectivity index (χ1n) is 4.98. The maximum absolute atomic E-state index is 6.25. The molecule has 3 heteroatoms. The number of alkyl halides is 1. The van der Waals surface area contributed by atoms with Gasteiger partial charge in [-0.2, -0.15) is 0 Å². The number of halogens is 1. The predicted octanol–water partition coefficient (Wildman–Crippen LogP) is 2.78. The van der Waals surface area contributed by atoms with Crippen LogP contribution in [-0.2, 0) is 6.54 Å². The van der Waals surface area contributed by atoms with E-state index < -0.39 is 0 Å². The molecular weight excluding hydrogens is 184 g/mol. The van der Waals surface area contributed by atoms with Crippen molar-refractivity contribution in [3.63, 3.8) is 0 Å². The highest BCUT2D eigenvalue weighted by Crippen LogP contribution is 2.37. The fourth-order valence-electron chi connectivity index (χ4n) is 2.12. The first-order chi connectivity index (χ1) is 6.33. The Morgan fingerprint density at radius 1 is 1.62 bits per heavy atom. The molecule has 0 aromatic carbocycles. The van der Waals surface area contributed by atoms with E-state index in [1.807, 2.05) is 12.4 Å². The van der Waals surface area contributed by atoms with Gasteiger partial charge in [-0.1, -0.05) is 6.42 Å². The highest BCUT2D eigenvalue weighted by Gasteiger charge is 2.29. The summed E-state index contributed by atoms with van der Waals surface area (Å²) in [6, 6.07) is 0. The molecule has 1 fully saturated rings. The molecule has 1 aliphatic carbocycles. The number of aryl methyl sites for hydroxylation is 1. The number of nitrogens with zero attached hydrogens (tertiary/aromatic N) is 2. The van der Waals surface area contributed by atoms with Crippen molar-refractivity contribution in [3.8, 4) is 0 Å². The van der Waals surface area contributed by atoms with Gasteiger partial charge in [-0.05, 0) is 19.8 Å². The lowest BCUT2D eigenvalue weighted by Gasteiger charge is -2.14. The van der Waals surface area contributed by atoms with Crippen molar-refractivity contribution in [2.24, 2.45) is 0 Å². The predicted molar refractivity (Wildman–Crippen MR) is 54.1 cm³/mol. The minimum atomic E-state index is 0.299. The largest absolute Gasteiger partial charge is 0.335 e. The second-order valence-corrected chi connectivity index (χ2v) is 4.19. The fourth-order valence-corrected chi connectivity index (χ4v) is 2.52. The topological polar surface area (TPSA) is 17.8 Å². The van der Waals surface area contributed by atoms with Crippen LogP contribution in [0.2, 0.25) is 0 Å². The first kappa shape index (κ1) is 9.07. The third-order valence-corrected chi connectivity index (χ3v) is 3.37. The van der Waals surface area contributed by atoms with Crippen LogP contribution in [0.15, 0.2) is 12.4 Å². The summed E-state index contributed by atoms with van der Waals surface area (Å²) in [5.74, 6) is 1.66. The summed E-state index contributed by atoms with van der Waals surface area (Å²) in [5.41, 5.74) is 0. The Bertz CT molecular complexity index is 282. The van der Waals surface area contributed by atoms with Crippen molar-refractivity contribution >= 4 is 11.6 Å². The third-order valence-electron chi connectivity index (χ3n) is 2.85. The van der Waals surface area contributed by atoms with E-state index in [1.54, 1.807) is 0 Å². The molecule has 1 aromatic heterocycles. The molecule has 0 radical (unpaired) electrons. The van der Waals surface area contributed by atoms with Crippen LogP contribution in [0.1, 0.15) is 37.9 Å². The van der Waals surface area contributed by atoms with Crippen LogP contribution in [0.25, 0.3) is 0 Å². The average molecular weight is 199 g/mol. The van der Waals surface area contributed by atoms with Gasteiger partial charge in [0, 0.05) is 30.2 Å². The van der Waals surface area contributed by atoms with Crippen LogP contribution in [0, 0.1) is 0 Å². The van der Waals surface area contributed by atoms with E-state index in [0.29, 0.717) is 11.3 Å². The van der Waals surface area contributed by atoms with Gasteiger partial charge in [0.05, 0.1) is 0 Å². The summed E-state index contributed by atoms with van der Waals surface area (Å²) in [4.78, 5) is 4.40. The minimum Gasteiger partial charge on any atom is -0.335 e. The number of hydrogen-bond donors (Lipinski definition) is 0. The molecule has 0 bridgehead atoms. The molecule has 2 atom stereocenters. The molecule has 0 saturated heterocycles. The molecule has 2 nitrogen and oxygen atoms in total. The summed E-state index contributed by atoms with van der Waals surface area (Å²) in [5, 5.41) is 0.299. The number of aromatic nitrogens is 2. The fraction of sp³-hybridized carbons (Fsp3) is 0.700. The Kier molecular flexibility index (Phi) is 2.58. The quantitative estimate of drug-likeness (QED) is 0.669. The highest BCUT2D eigenvalue weighted by atomic mass is 35.5. The van der Waals surface area contributed by atoms with E-state index in [1.165, 1.54) is 18.7 Å². The lowest BCUT2D eigenvalue weighted by Crippen LogP contribution is -2.12. The molecule has 0 N–H and O–H groups in total. The summed E-state index contributed by atoms with van der Waals surface area (Å²) in [6.07, 6.45) is 7.50. The molecule has 1 heterocycles. The van der Waals surface area contributed by atoms with Crippen LogP contribution in [-0.4, -0.2) is 14.9 Å². The molecule has 1 saturated carbocycles. The Balaban J connectivity index is 2.23. The molecule has 72 valence electrons. The summed E-state index contributed by atoms with van der Waals surface area (Å²) in [6.45, 7) is 3.14. The lowest BCUT2D eigenvalue weighted by molar-refractivity contribution is 0.604. The normalized spacial score (nSPS) is 28.2. The van der Waals surface area contributed by atoms with Gasteiger partial charge in [0.1, 0.15) is 5.82 Å². The highest BCUT2D eigenvalue weighted by molar-refractivity contribution is 6.21. The van der Waals surface area contributed by atoms with Gasteiger partial charge < -0.3 is 4.57 Å². The molecule has 0 spiro atoms. The Morgan fingerprint density at radius 3 is 3.08 bits per heavy atom. The maximum Gasteiger partial charge on any atom is 0.113 e. The average Bonchev–Trinajstić information content (AvgIpc) is 2.71. The summed E-state index contributed by atoms with van der Waals surface area (Å²) in [7, 11) is 0.